The maximum Gasteiger partial charge on any atom is 0.0776 e. The van der Waals surface area contributed by atoms with Crippen LogP contribution in [0.15, 0.2) is 24.3 Å². The van der Waals surface area contributed by atoms with E-state index in [9.17, 15) is 5.11 Å². The summed E-state index contributed by atoms with van der Waals surface area (Å²) in [5, 5.41) is 18.4. The summed E-state index contributed by atoms with van der Waals surface area (Å²) in [6.07, 6.45) is 3.55. The van der Waals surface area contributed by atoms with Crippen molar-refractivity contribution in [2.45, 2.75) is 26.4 Å². The van der Waals surface area contributed by atoms with Crippen LogP contribution in [0.1, 0.15) is 20.3 Å². The van der Waals surface area contributed by atoms with Gasteiger partial charge in [0.1, 0.15) is 0 Å². The molecule has 0 saturated carbocycles. The summed E-state index contributed by atoms with van der Waals surface area (Å²) >= 11 is 0. The number of hydrogen-bond acceptors (Lipinski definition) is 2. The minimum Gasteiger partial charge on any atom is -0.396 e. The van der Waals surface area contributed by atoms with Gasteiger partial charge in [-0.2, -0.15) is 0 Å². The maximum absolute atomic E-state index is 9.53. The number of allylic oxidation sites excluding steroid dienone is 2. The zero-order valence-corrected chi connectivity index (χ0v) is 7.83. The molecule has 0 saturated heterocycles. The Morgan fingerprint density at radius 3 is 2.42 bits per heavy atom. The first-order valence-electron chi connectivity index (χ1n) is 4.16. The zero-order valence-electron chi connectivity index (χ0n) is 7.83. The van der Waals surface area contributed by atoms with Crippen LogP contribution in [-0.4, -0.2) is 22.9 Å². The first kappa shape index (κ1) is 11.4. The molecule has 2 atom stereocenters. The largest absolute Gasteiger partial charge is 0.396 e. The third-order valence-corrected chi connectivity index (χ3v) is 1.69. The van der Waals surface area contributed by atoms with Crippen molar-refractivity contribution in [3.05, 3.63) is 24.3 Å². The van der Waals surface area contributed by atoms with Crippen LogP contribution in [0.3, 0.4) is 0 Å². The van der Waals surface area contributed by atoms with Crippen LogP contribution in [-0.2, 0) is 0 Å². The molecule has 0 aliphatic rings. The molecule has 0 radical (unpaired) electrons. The highest BCUT2D eigenvalue weighted by atomic mass is 16.3. The summed E-state index contributed by atoms with van der Waals surface area (Å²) in [7, 11) is 0. The molecule has 70 valence electrons. The van der Waals surface area contributed by atoms with Crippen LogP contribution in [0.25, 0.3) is 0 Å². The second kappa shape index (κ2) is 5.98. The lowest BCUT2D eigenvalue weighted by Gasteiger charge is -2.16. The van der Waals surface area contributed by atoms with Gasteiger partial charge >= 0.3 is 0 Å². The van der Waals surface area contributed by atoms with Crippen molar-refractivity contribution >= 4 is 0 Å². The Bertz CT molecular complexity index is 157. The minimum absolute atomic E-state index is 0.00301. The molecule has 12 heavy (non-hydrogen) atoms. The average Bonchev–Trinajstić information content (AvgIpc) is 1.98. The second-order valence-electron chi connectivity index (χ2n) is 3.20. The van der Waals surface area contributed by atoms with Crippen LogP contribution in [0.2, 0.25) is 0 Å². The summed E-state index contributed by atoms with van der Waals surface area (Å²) < 4.78 is 0. The van der Waals surface area contributed by atoms with Crippen LogP contribution >= 0.6 is 0 Å². The topological polar surface area (TPSA) is 40.5 Å². The zero-order chi connectivity index (χ0) is 9.56. The Morgan fingerprint density at radius 2 is 2.08 bits per heavy atom. The fourth-order valence-corrected chi connectivity index (χ4v) is 1.01. The van der Waals surface area contributed by atoms with E-state index in [-0.39, 0.29) is 12.5 Å². The fraction of sp³-hybridized carbons (Fsp3) is 0.600. The van der Waals surface area contributed by atoms with Crippen molar-refractivity contribution in [2.24, 2.45) is 5.92 Å². The van der Waals surface area contributed by atoms with Crippen LogP contribution < -0.4 is 0 Å². The van der Waals surface area contributed by atoms with Gasteiger partial charge in [-0.1, -0.05) is 17.7 Å². The second-order valence-corrected chi connectivity index (χ2v) is 3.20. The van der Waals surface area contributed by atoms with E-state index in [1.807, 2.05) is 13.8 Å². The SMILES string of the molecule is C=CC[C@H](CO)[C@H](O)C=C(C)C. The quantitative estimate of drug-likeness (QED) is 0.614. The minimum atomic E-state index is -0.557. The smallest absolute Gasteiger partial charge is 0.0776 e. The fourth-order valence-electron chi connectivity index (χ4n) is 1.01. The number of aliphatic hydroxyl groups is 2. The molecule has 0 bridgehead atoms. The highest BCUT2D eigenvalue weighted by Gasteiger charge is 2.13. The van der Waals surface area contributed by atoms with E-state index in [2.05, 4.69) is 6.58 Å². The Kier molecular flexibility index (Phi) is 5.68. The van der Waals surface area contributed by atoms with Crippen molar-refractivity contribution in [3.63, 3.8) is 0 Å². The van der Waals surface area contributed by atoms with Gasteiger partial charge in [-0.05, 0) is 20.3 Å². The lowest BCUT2D eigenvalue weighted by atomic mass is 9.98. The third kappa shape index (κ3) is 4.31. The Balaban J connectivity index is 4.10. The summed E-state index contributed by atoms with van der Waals surface area (Å²) in [4.78, 5) is 0. The van der Waals surface area contributed by atoms with Gasteiger partial charge in [0, 0.05) is 12.5 Å². The van der Waals surface area contributed by atoms with Gasteiger partial charge in [0.25, 0.3) is 0 Å². The molecule has 0 aliphatic heterocycles. The van der Waals surface area contributed by atoms with Crippen LogP contribution in [0.4, 0.5) is 0 Å². The van der Waals surface area contributed by atoms with Gasteiger partial charge in [0.05, 0.1) is 6.10 Å². The molecule has 2 N–H and O–H groups in total. The van der Waals surface area contributed by atoms with Gasteiger partial charge in [-0.15, -0.1) is 6.58 Å². The molecule has 2 nitrogen and oxygen atoms in total. The predicted molar refractivity (Wildman–Crippen MR) is 50.8 cm³/mol. The highest BCUT2D eigenvalue weighted by molar-refractivity contribution is 5.00. The summed E-state index contributed by atoms with van der Waals surface area (Å²) in [5.41, 5.74) is 1.06. The van der Waals surface area contributed by atoms with Crippen molar-refractivity contribution in [2.75, 3.05) is 6.61 Å². The number of hydrogen-bond donors (Lipinski definition) is 2. The van der Waals surface area contributed by atoms with Gasteiger partial charge in [0.15, 0.2) is 0 Å². The van der Waals surface area contributed by atoms with E-state index in [1.54, 1.807) is 12.2 Å². The van der Waals surface area contributed by atoms with Gasteiger partial charge in [0.2, 0.25) is 0 Å². The molecule has 0 aromatic rings. The Morgan fingerprint density at radius 1 is 1.50 bits per heavy atom. The van der Waals surface area contributed by atoms with Gasteiger partial charge < -0.3 is 10.2 Å². The lowest BCUT2D eigenvalue weighted by Crippen LogP contribution is -2.21. The maximum atomic E-state index is 9.53. The van der Waals surface area contributed by atoms with Gasteiger partial charge in [-0.3, -0.25) is 0 Å². The predicted octanol–water partition coefficient (Wildman–Crippen LogP) is 1.50. The van der Waals surface area contributed by atoms with Crippen LogP contribution in [0.5, 0.6) is 0 Å². The molecule has 2 heteroatoms. The van der Waals surface area contributed by atoms with Gasteiger partial charge in [-0.25, -0.2) is 0 Å². The monoisotopic (exact) mass is 170 g/mol. The molecule has 0 unspecified atom stereocenters. The highest BCUT2D eigenvalue weighted by Crippen LogP contribution is 2.11. The van der Waals surface area contributed by atoms with E-state index in [4.69, 9.17) is 5.11 Å². The molecule has 0 rings (SSSR count). The molecular weight excluding hydrogens is 152 g/mol. The van der Waals surface area contributed by atoms with Crippen molar-refractivity contribution < 1.29 is 10.2 Å². The third-order valence-electron chi connectivity index (χ3n) is 1.69. The first-order valence-corrected chi connectivity index (χ1v) is 4.16. The summed E-state index contributed by atoms with van der Waals surface area (Å²) in [6.45, 7) is 7.41. The average molecular weight is 170 g/mol. The van der Waals surface area contributed by atoms with E-state index < -0.39 is 6.10 Å². The Hall–Kier alpha value is -0.600. The molecule has 0 fully saturated rings. The lowest BCUT2D eigenvalue weighted by molar-refractivity contribution is 0.102. The molecule has 0 amide bonds. The first-order chi connectivity index (χ1) is 5.61. The Labute approximate surface area is 74.2 Å². The molecule has 0 aromatic heterocycles. The van der Waals surface area contributed by atoms with E-state index in [0.717, 1.165) is 5.57 Å². The van der Waals surface area contributed by atoms with Crippen molar-refractivity contribution in [1.29, 1.82) is 0 Å². The molecular formula is C10H18O2. The molecule has 0 aromatic carbocycles. The number of aliphatic hydroxyl groups excluding tert-OH is 2. The normalized spacial score (nSPS) is 15.0. The summed E-state index contributed by atoms with van der Waals surface area (Å²) in [6, 6.07) is 0. The molecule has 0 spiro atoms. The van der Waals surface area contributed by atoms with Crippen molar-refractivity contribution in [3.8, 4) is 0 Å². The summed E-state index contributed by atoms with van der Waals surface area (Å²) in [5.74, 6) is -0.114. The number of rotatable bonds is 5. The molecule has 0 heterocycles. The van der Waals surface area contributed by atoms with E-state index in [1.165, 1.54) is 0 Å². The standard InChI is InChI=1S/C10H18O2/c1-4-5-9(7-11)10(12)6-8(2)3/h4,6,9-12H,1,5,7H2,2-3H3/t9-,10-/m1/s1. The molecule has 0 aliphatic carbocycles. The van der Waals surface area contributed by atoms with Crippen LogP contribution in [0, 0.1) is 5.92 Å². The van der Waals surface area contributed by atoms with Crippen molar-refractivity contribution in [1.82, 2.24) is 0 Å². The van der Waals surface area contributed by atoms with E-state index in [0.29, 0.717) is 6.42 Å². The van der Waals surface area contributed by atoms with E-state index >= 15 is 0 Å².